The summed E-state index contributed by atoms with van der Waals surface area (Å²) in [6.45, 7) is 3.75. The zero-order valence-corrected chi connectivity index (χ0v) is 10.9. The fourth-order valence-corrected chi connectivity index (χ4v) is 1.92. The van der Waals surface area contributed by atoms with Gasteiger partial charge in [-0.15, -0.1) is 0 Å². The summed E-state index contributed by atoms with van der Waals surface area (Å²) in [5, 5.41) is 8.78. The van der Waals surface area contributed by atoms with Crippen molar-refractivity contribution in [2.75, 3.05) is 0 Å². The van der Waals surface area contributed by atoms with E-state index in [1.165, 1.54) is 0 Å². The summed E-state index contributed by atoms with van der Waals surface area (Å²) in [7, 11) is 0. The van der Waals surface area contributed by atoms with E-state index in [0.29, 0.717) is 17.0 Å². The van der Waals surface area contributed by atoms with Crippen LogP contribution in [-0.2, 0) is 11.2 Å². The Bertz CT molecular complexity index is 623. The third kappa shape index (κ3) is 2.91. The number of H-pyrrole nitrogens is 1. The van der Waals surface area contributed by atoms with E-state index in [4.69, 9.17) is 5.11 Å². The number of aromatic amines is 1. The van der Waals surface area contributed by atoms with E-state index < -0.39 is 5.97 Å². The first kappa shape index (κ1) is 13.1. The Kier molecular flexibility index (Phi) is 3.51. The molecule has 1 heterocycles. The van der Waals surface area contributed by atoms with Gasteiger partial charge in [0, 0.05) is 11.3 Å². The summed E-state index contributed by atoms with van der Waals surface area (Å²) in [5.41, 5.74) is 3.47. The second-order valence-electron chi connectivity index (χ2n) is 4.61. The number of aliphatic carboxylic acids is 1. The van der Waals surface area contributed by atoms with Gasteiger partial charge in [0.2, 0.25) is 5.78 Å². The monoisotopic (exact) mass is 257 g/mol. The van der Waals surface area contributed by atoms with Crippen LogP contribution in [0.25, 0.3) is 0 Å². The molecule has 0 bridgehead atoms. The molecule has 0 atom stereocenters. The van der Waals surface area contributed by atoms with Crippen molar-refractivity contribution in [2.24, 2.45) is 0 Å². The second kappa shape index (κ2) is 5.10. The summed E-state index contributed by atoms with van der Waals surface area (Å²) in [4.78, 5) is 25.8. The maximum Gasteiger partial charge on any atom is 0.309 e. The first-order valence-electron chi connectivity index (χ1n) is 5.99. The van der Waals surface area contributed by atoms with Gasteiger partial charge in [-0.05, 0) is 25.5 Å². The molecule has 2 rings (SSSR count). The molecule has 0 fully saturated rings. The van der Waals surface area contributed by atoms with Gasteiger partial charge in [0.15, 0.2) is 0 Å². The number of carboxylic acids is 1. The van der Waals surface area contributed by atoms with E-state index in [0.717, 1.165) is 11.1 Å². The predicted octanol–water partition coefficient (Wildman–Crippen LogP) is 2.49. The highest BCUT2D eigenvalue weighted by Crippen LogP contribution is 2.15. The van der Waals surface area contributed by atoms with Crippen molar-refractivity contribution in [3.05, 3.63) is 58.4 Å². The number of rotatable bonds is 4. The summed E-state index contributed by atoms with van der Waals surface area (Å²) < 4.78 is 0. The first-order valence-corrected chi connectivity index (χ1v) is 5.99. The van der Waals surface area contributed by atoms with Gasteiger partial charge < -0.3 is 10.1 Å². The Balaban J connectivity index is 2.29. The number of ketones is 1. The molecule has 0 aliphatic carbocycles. The van der Waals surface area contributed by atoms with Crippen LogP contribution in [0.4, 0.5) is 0 Å². The number of nitrogens with one attached hydrogen (secondary N) is 1. The minimum Gasteiger partial charge on any atom is -0.481 e. The maximum absolute atomic E-state index is 12.2. The van der Waals surface area contributed by atoms with Gasteiger partial charge in [-0.1, -0.05) is 29.8 Å². The molecule has 0 aliphatic heterocycles. The maximum atomic E-state index is 12.2. The van der Waals surface area contributed by atoms with Gasteiger partial charge in [-0.3, -0.25) is 9.59 Å². The number of hydrogen-bond acceptors (Lipinski definition) is 2. The Morgan fingerprint density at radius 1 is 1.16 bits per heavy atom. The molecule has 4 nitrogen and oxygen atoms in total. The number of hydrogen-bond donors (Lipinski definition) is 2. The fourth-order valence-electron chi connectivity index (χ4n) is 1.92. The number of carboxylic acid groups (broad SMARTS) is 1. The molecule has 2 aromatic rings. The van der Waals surface area contributed by atoms with Gasteiger partial charge in [0.1, 0.15) is 0 Å². The molecular formula is C15H15NO3. The standard InChI is InChI=1S/C15H15NO3/c1-9-3-5-11(6-4-9)15(19)13-7-10(2)12(16-13)8-14(17)18/h3-7,16H,8H2,1-2H3,(H,17,18). The van der Waals surface area contributed by atoms with Crippen molar-refractivity contribution in [1.29, 1.82) is 0 Å². The molecule has 0 amide bonds. The lowest BCUT2D eigenvalue weighted by atomic mass is 10.1. The van der Waals surface area contributed by atoms with E-state index in [-0.39, 0.29) is 12.2 Å². The van der Waals surface area contributed by atoms with Crippen molar-refractivity contribution >= 4 is 11.8 Å². The van der Waals surface area contributed by atoms with Gasteiger partial charge >= 0.3 is 5.97 Å². The Morgan fingerprint density at radius 2 is 1.79 bits per heavy atom. The lowest BCUT2D eigenvalue weighted by Crippen LogP contribution is -2.04. The van der Waals surface area contributed by atoms with E-state index in [2.05, 4.69) is 4.98 Å². The van der Waals surface area contributed by atoms with Gasteiger partial charge in [-0.25, -0.2) is 0 Å². The summed E-state index contributed by atoms with van der Waals surface area (Å²) in [6, 6.07) is 8.98. The van der Waals surface area contributed by atoms with E-state index in [9.17, 15) is 9.59 Å². The highest BCUT2D eigenvalue weighted by molar-refractivity contribution is 6.08. The van der Waals surface area contributed by atoms with Crippen LogP contribution in [0.2, 0.25) is 0 Å². The minimum absolute atomic E-state index is 0.104. The molecule has 0 saturated carbocycles. The first-order chi connectivity index (χ1) is 8.97. The number of aryl methyl sites for hydroxylation is 2. The number of carbonyl (C=O) groups excluding carboxylic acids is 1. The average molecular weight is 257 g/mol. The molecule has 0 aliphatic rings. The van der Waals surface area contributed by atoms with Crippen molar-refractivity contribution < 1.29 is 14.7 Å². The smallest absolute Gasteiger partial charge is 0.309 e. The van der Waals surface area contributed by atoms with Crippen LogP contribution in [0.5, 0.6) is 0 Å². The Morgan fingerprint density at radius 3 is 2.37 bits per heavy atom. The summed E-state index contributed by atoms with van der Waals surface area (Å²) in [6.07, 6.45) is -0.104. The van der Waals surface area contributed by atoms with Crippen LogP contribution in [0.1, 0.15) is 32.9 Å². The van der Waals surface area contributed by atoms with Gasteiger partial charge in [0.05, 0.1) is 12.1 Å². The highest BCUT2D eigenvalue weighted by Gasteiger charge is 2.14. The van der Waals surface area contributed by atoms with Gasteiger partial charge in [0.25, 0.3) is 0 Å². The molecular weight excluding hydrogens is 242 g/mol. The number of benzene rings is 1. The molecule has 2 N–H and O–H groups in total. The van der Waals surface area contributed by atoms with Crippen LogP contribution in [0.3, 0.4) is 0 Å². The van der Waals surface area contributed by atoms with Crippen LogP contribution >= 0.6 is 0 Å². The molecule has 1 aromatic heterocycles. The second-order valence-corrected chi connectivity index (χ2v) is 4.61. The normalized spacial score (nSPS) is 10.4. The molecule has 4 heteroatoms. The molecule has 0 saturated heterocycles. The van der Waals surface area contributed by atoms with Crippen molar-refractivity contribution in [2.45, 2.75) is 20.3 Å². The quantitative estimate of drug-likeness (QED) is 0.827. The number of aromatic nitrogens is 1. The third-order valence-corrected chi connectivity index (χ3v) is 3.01. The molecule has 1 aromatic carbocycles. The van der Waals surface area contributed by atoms with E-state index >= 15 is 0 Å². The Labute approximate surface area is 111 Å². The molecule has 0 spiro atoms. The minimum atomic E-state index is -0.917. The van der Waals surface area contributed by atoms with E-state index in [1.807, 2.05) is 19.1 Å². The van der Waals surface area contributed by atoms with Crippen molar-refractivity contribution in [3.8, 4) is 0 Å². The summed E-state index contributed by atoms with van der Waals surface area (Å²) in [5.74, 6) is -1.04. The topological polar surface area (TPSA) is 70.2 Å². The zero-order valence-electron chi connectivity index (χ0n) is 10.9. The Hall–Kier alpha value is -2.36. The van der Waals surface area contributed by atoms with Crippen LogP contribution in [-0.4, -0.2) is 21.8 Å². The molecule has 19 heavy (non-hydrogen) atoms. The third-order valence-electron chi connectivity index (χ3n) is 3.01. The van der Waals surface area contributed by atoms with Crippen LogP contribution in [0, 0.1) is 13.8 Å². The lowest BCUT2D eigenvalue weighted by molar-refractivity contribution is -0.136. The highest BCUT2D eigenvalue weighted by atomic mass is 16.4. The average Bonchev–Trinajstić information content (AvgIpc) is 2.70. The predicted molar refractivity (Wildman–Crippen MR) is 71.5 cm³/mol. The van der Waals surface area contributed by atoms with Crippen molar-refractivity contribution in [1.82, 2.24) is 4.98 Å². The zero-order chi connectivity index (χ0) is 14.0. The van der Waals surface area contributed by atoms with Crippen molar-refractivity contribution in [3.63, 3.8) is 0 Å². The summed E-state index contributed by atoms with van der Waals surface area (Å²) >= 11 is 0. The van der Waals surface area contributed by atoms with Crippen LogP contribution < -0.4 is 0 Å². The number of carbonyl (C=O) groups is 2. The molecule has 0 unspecified atom stereocenters. The largest absolute Gasteiger partial charge is 0.481 e. The fraction of sp³-hybridized carbons (Fsp3) is 0.200. The van der Waals surface area contributed by atoms with Crippen LogP contribution in [0.15, 0.2) is 30.3 Å². The molecule has 98 valence electrons. The van der Waals surface area contributed by atoms with Gasteiger partial charge in [-0.2, -0.15) is 0 Å². The SMILES string of the molecule is Cc1ccc(C(=O)c2cc(C)c(CC(=O)O)[nH]2)cc1. The lowest BCUT2D eigenvalue weighted by Gasteiger charge is -1.99. The molecule has 0 radical (unpaired) electrons. The van der Waals surface area contributed by atoms with E-state index in [1.54, 1.807) is 25.1 Å².